The van der Waals surface area contributed by atoms with Gasteiger partial charge < -0.3 is 9.47 Å². The van der Waals surface area contributed by atoms with Gasteiger partial charge in [-0.05, 0) is 42.8 Å². The van der Waals surface area contributed by atoms with Crippen LogP contribution < -0.4 is 9.47 Å². The Morgan fingerprint density at radius 2 is 1.81 bits per heavy atom. The summed E-state index contributed by atoms with van der Waals surface area (Å²) in [6, 6.07) is 15.5. The standard InChI is InChI=1S/C19H17FN4O2S/c1-2-16(26-15-6-4-3-5-7-15)18-23-24-17(21-22-19(24)27-18)12-25-14-10-8-13(20)9-11-14/h3-11,16H,2,12H2,1H3. The minimum absolute atomic E-state index is 0.162. The zero-order chi connectivity index (χ0) is 18.6. The van der Waals surface area contributed by atoms with Gasteiger partial charge in [-0.2, -0.15) is 9.61 Å². The lowest BCUT2D eigenvalue weighted by atomic mass is 10.3. The Morgan fingerprint density at radius 1 is 1.04 bits per heavy atom. The van der Waals surface area contributed by atoms with E-state index in [-0.39, 0.29) is 18.5 Å². The van der Waals surface area contributed by atoms with Gasteiger partial charge in [0.2, 0.25) is 4.96 Å². The third-order valence-corrected chi connectivity index (χ3v) is 4.91. The predicted molar refractivity (Wildman–Crippen MR) is 99.5 cm³/mol. The smallest absolute Gasteiger partial charge is 0.234 e. The van der Waals surface area contributed by atoms with Crippen LogP contribution in [0.5, 0.6) is 11.5 Å². The maximum Gasteiger partial charge on any atom is 0.234 e. The first-order valence-corrected chi connectivity index (χ1v) is 9.35. The number of para-hydroxylation sites is 1. The Labute approximate surface area is 159 Å². The van der Waals surface area contributed by atoms with Crippen LogP contribution in [0.4, 0.5) is 4.39 Å². The van der Waals surface area contributed by atoms with Crippen molar-refractivity contribution in [3.05, 3.63) is 71.2 Å². The van der Waals surface area contributed by atoms with Gasteiger partial charge in [0.25, 0.3) is 0 Å². The van der Waals surface area contributed by atoms with Gasteiger partial charge in [-0.3, -0.25) is 0 Å². The highest BCUT2D eigenvalue weighted by atomic mass is 32.1. The zero-order valence-electron chi connectivity index (χ0n) is 14.6. The fraction of sp³-hybridized carbons (Fsp3) is 0.211. The Balaban J connectivity index is 1.51. The second-order valence-corrected chi connectivity index (χ2v) is 6.81. The molecule has 4 rings (SSSR count). The lowest BCUT2D eigenvalue weighted by Crippen LogP contribution is -2.08. The van der Waals surface area contributed by atoms with Gasteiger partial charge in [-0.1, -0.05) is 36.5 Å². The molecule has 1 atom stereocenters. The highest BCUT2D eigenvalue weighted by molar-refractivity contribution is 7.16. The molecule has 0 bridgehead atoms. The number of hydrogen-bond acceptors (Lipinski definition) is 6. The van der Waals surface area contributed by atoms with E-state index in [0.717, 1.165) is 17.2 Å². The molecular weight excluding hydrogens is 367 g/mol. The van der Waals surface area contributed by atoms with E-state index in [2.05, 4.69) is 22.2 Å². The molecular formula is C19H17FN4O2S. The molecule has 8 heteroatoms. The fourth-order valence-electron chi connectivity index (χ4n) is 2.54. The summed E-state index contributed by atoms with van der Waals surface area (Å²) >= 11 is 1.44. The molecule has 0 aliphatic heterocycles. The van der Waals surface area contributed by atoms with Crippen molar-refractivity contribution in [1.29, 1.82) is 0 Å². The SMILES string of the molecule is CCC(Oc1ccccc1)c1nn2c(COc3ccc(F)cc3)nnc2s1. The topological polar surface area (TPSA) is 61.5 Å². The highest BCUT2D eigenvalue weighted by Gasteiger charge is 2.20. The molecule has 6 nitrogen and oxygen atoms in total. The molecule has 0 aliphatic carbocycles. The molecule has 4 aromatic rings. The number of halogens is 1. The average Bonchev–Trinajstić information content (AvgIpc) is 3.28. The summed E-state index contributed by atoms with van der Waals surface area (Å²) in [7, 11) is 0. The summed E-state index contributed by atoms with van der Waals surface area (Å²) in [4.78, 5) is 0.679. The average molecular weight is 384 g/mol. The van der Waals surface area contributed by atoms with Crippen molar-refractivity contribution in [2.75, 3.05) is 0 Å². The quantitative estimate of drug-likeness (QED) is 0.472. The van der Waals surface area contributed by atoms with Crippen molar-refractivity contribution < 1.29 is 13.9 Å². The van der Waals surface area contributed by atoms with E-state index in [0.29, 0.717) is 16.5 Å². The van der Waals surface area contributed by atoms with Crippen LogP contribution in [-0.2, 0) is 6.61 Å². The third-order valence-electron chi connectivity index (χ3n) is 3.92. The first-order chi connectivity index (χ1) is 13.2. The van der Waals surface area contributed by atoms with Crippen LogP contribution >= 0.6 is 11.3 Å². The van der Waals surface area contributed by atoms with Gasteiger partial charge in [-0.25, -0.2) is 4.39 Å². The normalized spacial score (nSPS) is 12.2. The van der Waals surface area contributed by atoms with Crippen molar-refractivity contribution in [2.24, 2.45) is 0 Å². The van der Waals surface area contributed by atoms with Crippen molar-refractivity contribution in [2.45, 2.75) is 26.1 Å². The monoisotopic (exact) mass is 384 g/mol. The third kappa shape index (κ3) is 3.90. The van der Waals surface area contributed by atoms with Crippen molar-refractivity contribution in [3.8, 4) is 11.5 Å². The van der Waals surface area contributed by atoms with E-state index in [1.165, 1.54) is 23.5 Å². The first-order valence-electron chi connectivity index (χ1n) is 8.54. The summed E-state index contributed by atoms with van der Waals surface area (Å²) < 4.78 is 26.3. The van der Waals surface area contributed by atoms with Crippen LogP contribution in [0.1, 0.15) is 30.3 Å². The largest absolute Gasteiger partial charge is 0.486 e. The lowest BCUT2D eigenvalue weighted by molar-refractivity contribution is 0.199. The van der Waals surface area contributed by atoms with Crippen LogP contribution in [0.25, 0.3) is 4.96 Å². The number of hydrogen-bond donors (Lipinski definition) is 0. The number of fused-ring (bicyclic) bond motifs is 1. The molecule has 27 heavy (non-hydrogen) atoms. The second kappa shape index (κ2) is 7.71. The van der Waals surface area contributed by atoms with E-state index in [4.69, 9.17) is 9.47 Å². The number of benzene rings is 2. The van der Waals surface area contributed by atoms with Crippen molar-refractivity contribution in [3.63, 3.8) is 0 Å². The Morgan fingerprint density at radius 3 is 2.56 bits per heavy atom. The van der Waals surface area contributed by atoms with Gasteiger partial charge in [0.1, 0.15) is 23.9 Å². The summed E-state index contributed by atoms with van der Waals surface area (Å²) in [6.07, 6.45) is 0.616. The number of ether oxygens (including phenoxy) is 2. The van der Waals surface area contributed by atoms with Crippen LogP contribution in [0.2, 0.25) is 0 Å². The molecule has 2 aromatic carbocycles. The van der Waals surface area contributed by atoms with Gasteiger partial charge in [-0.15, -0.1) is 10.2 Å². The van der Waals surface area contributed by atoms with E-state index >= 15 is 0 Å². The van der Waals surface area contributed by atoms with Gasteiger partial charge in [0.05, 0.1) is 0 Å². The summed E-state index contributed by atoms with van der Waals surface area (Å²) in [6.45, 7) is 2.24. The molecule has 1 unspecified atom stereocenters. The number of rotatable bonds is 7. The maximum absolute atomic E-state index is 13.0. The summed E-state index contributed by atoms with van der Waals surface area (Å²) in [5.74, 6) is 1.63. The molecule has 0 spiro atoms. The van der Waals surface area contributed by atoms with Crippen molar-refractivity contribution in [1.82, 2.24) is 19.8 Å². The molecule has 0 N–H and O–H groups in total. The molecule has 0 radical (unpaired) electrons. The van der Waals surface area contributed by atoms with Crippen LogP contribution in [0.15, 0.2) is 54.6 Å². The highest BCUT2D eigenvalue weighted by Crippen LogP contribution is 2.28. The van der Waals surface area contributed by atoms with Gasteiger partial charge in [0, 0.05) is 0 Å². The van der Waals surface area contributed by atoms with Crippen LogP contribution in [-0.4, -0.2) is 19.8 Å². The van der Waals surface area contributed by atoms with Gasteiger partial charge >= 0.3 is 0 Å². The lowest BCUT2D eigenvalue weighted by Gasteiger charge is -2.14. The van der Waals surface area contributed by atoms with E-state index < -0.39 is 0 Å². The number of aromatic nitrogens is 4. The van der Waals surface area contributed by atoms with E-state index in [1.807, 2.05) is 30.3 Å². The van der Waals surface area contributed by atoms with E-state index in [9.17, 15) is 4.39 Å². The Kier molecular flexibility index (Phi) is 4.97. The molecule has 0 saturated heterocycles. The molecule has 0 fully saturated rings. The molecule has 0 amide bonds. The fourth-order valence-corrected chi connectivity index (χ4v) is 3.51. The van der Waals surface area contributed by atoms with E-state index in [1.54, 1.807) is 16.6 Å². The minimum Gasteiger partial charge on any atom is -0.486 e. The zero-order valence-corrected chi connectivity index (χ0v) is 15.4. The Hall–Kier alpha value is -3.00. The van der Waals surface area contributed by atoms with Gasteiger partial charge in [0.15, 0.2) is 16.9 Å². The molecule has 138 valence electrons. The van der Waals surface area contributed by atoms with Crippen LogP contribution in [0, 0.1) is 5.82 Å². The summed E-state index contributed by atoms with van der Waals surface area (Å²) in [5.41, 5.74) is 0. The molecule has 2 aromatic heterocycles. The molecule has 0 aliphatic rings. The molecule has 0 saturated carbocycles. The summed E-state index contributed by atoms with van der Waals surface area (Å²) in [5, 5.41) is 13.7. The Bertz CT molecular complexity index is 1020. The second-order valence-electron chi connectivity index (χ2n) is 5.82. The van der Waals surface area contributed by atoms with Crippen LogP contribution in [0.3, 0.4) is 0 Å². The predicted octanol–water partition coefficient (Wildman–Crippen LogP) is 4.43. The molecule has 2 heterocycles. The number of nitrogens with zero attached hydrogens (tertiary/aromatic N) is 4. The van der Waals surface area contributed by atoms with Crippen molar-refractivity contribution >= 4 is 16.3 Å². The minimum atomic E-state index is -0.305. The first kappa shape index (κ1) is 17.4. The maximum atomic E-state index is 13.0.